The van der Waals surface area contributed by atoms with Crippen molar-refractivity contribution in [1.82, 2.24) is 9.61 Å². The highest BCUT2D eigenvalue weighted by Crippen LogP contribution is 2.42. The largest absolute Gasteiger partial charge is 0.231 e. The summed E-state index contributed by atoms with van der Waals surface area (Å²) in [6, 6.07) is 21.3. The molecule has 1 aliphatic carbocycles. The lowest BCUT2D eigenvalue weighted by atomic mass is 10.1. The molecule has 1 aliphatic rings. The fourth-order valence-corrected chi connectivity index (χ4v) is 4.05. The van der Waals surface area contributed by atoms with Crippen molar-refractivity contribution in [3.05, 3.63) is 70.8 Å². The molecule has 3 heteroatoms. The van der Waals surface area contributed by atoms with Crippen molar-refractivity contribution in [1.29, 1.82) is 0 Å². The average molecular weight is 363 g/mol. The van der Waals surface area contributed by atoms with Crippen LogP contribution >= 0.6 is 15.9 Å². The number of rotatable bonds is 2. The van der Waals surface area contributed by atoms with Crippen LogP contribution in [0, 0.1) is 0 Å². The maximum atomic E-state index is 4.95. The van der Waals surface area contributed by atoms with Crippen LogP contribution in [-0.4, -0.2) is 9.61 Å². The molecule has 1 saturated carbocycles. The molecule has 0 aliphatic heterocycles. The molecule has 0 saturated heterocycles. The fraction of sp³-hybridized carbons (Fsp3) is 0.150. The first-order chi connectivity index (χ1) is 11.3. The second kappa shape index (κ2) is 4.93. The molecule has 0 atom stereocenters. The van der Waals surface area contributed by atoms with E-state index < -0.39 is 0 Å². The number of nitrogens with zero attached hydrogens (tertiary/aromatic N) is 2. The standard InChI is InChI=1S/C20H15BrN2/c21-19-16-9-5-4-8-15(16)18-12-17(13-10-11-13)22-23(18)20(19)14-6-2-1-3-7-14/h1-9,12-13H,10-11H2. The van der Waals surface area contributed by atoms with E-state index in [1.54, 1.807) is 0 Å². The molecule has 0 spiro atoms. The van der Waals surface area contributed by atoms with E-state index in [0.717, 1.165) is 10.2 Å². The Labute approximate surface area is 142 Å². The van der Waals surface area contributed by atoms with Gasteiger partial charge in [-0.05, 0) is 34.8 Å². The summed E-state index contributed by atoms with van der Waals surface area (Å²) >= 11 is 3.84. The first kappa shape index (κ1) is 13.3. The third-order valence-corrected chi connectivity index (χ3v) is 5.43. The predicted molar refractivity (Wildman–Crippen MR) is 97.8 cm³/mol. The van der Waals surface area contributed by atoms with Gasteiger partial charge < -0.3 is 0 Å². The van der Waals surface area contributed by atoms with Gasteiger partial charge in [0, 0.05) is 22.3 Å². The summed E-state index contributed by atoms with van der Waals surface area (Å²) in [4.78, 5) is 0. The molecule has 2 aromatic carbocycles. The van der Waals surface area contributed by atoms with Crippen LogP contribution in [0.15, 0.2) is 65.1 Å². The van der Waals surface area contributed by atoms with E-state index in [0.29, 0.717) is 5.92 Å². The summed E-state index contributed by atoms with van der Waals surface area (Å²) in [6.07, 6.45) is 2.54. The van der Waals surface area contributed by atoms with Crippen LogP contribution in [0.2, 0.25) is 0 Å². The number of hydrogen-bond donors (Lipinski definition) is 0. The van der Waals surface area contributed by atoms with Crippen LogP contribution in [0.3, 0.4) is 0 Å². The van der Waals surface area contributed by atoms with Gasteiger partial charge in [0.1, 0.15) is 0 Å². The number of halogens is 1. The molecule has 0 bridgehead atoms. The molecule has 0 amide bonds. The second-order valence-electron chi connectivity index (χ2n) is 6.21. The fourth-order valence-electron chi connectivity index (χ4n) is 3.30. The number of pyridine rings is 1. The molecule has 0 radical (unpaired) electrons. The highest BCUT2D eigenvalue weighted by atomic mass is 79.9. The van der Waals surface area contributed by atoms with Gasteiger partial charge in [-0.1, -0.05) is 54.6 Å². The Balaban J connectivity index is 1.95. The van der Waals surface area contributed by atoms with Crippen LogP contribution < -0.4 is 0 Å². The SMILES string of the molecule is Brc1c(-c2ccccc2)n2nc(C3CC3)cc2c2ccccc12. The van der Waals surface area contributed by atoms with Crippen molar-refractivity contribution in [2.45, 2.75) is 18.8 Å². The number of hydrogen-bond acceptors (Lipinski definition) is 1. The Hall–Kier alpha value is -2.13. The van der Waals surface area contributed by atoms with Gasteiger partial charge in [-0.15, -0.1) is 0 Å². The third-order valence-electron chi connectivity index (χ3n) is 4.63. The van der Waals surface area contributed by atoms with Gasteiger partial charge in [-0.2, -0.15) is 5.10 Å². The number of fused-ring (bicyclic) bond motifs is 3. The Kier molecular flexibility index (Phi) is 2.86. The minimum Gasteiger partial charge on any atom is -0.231 e. The third kappa shape index (κ3) is 2.03. The van der Waals surface area contributed by atoms with Crippen LogP contribution in [-0.2, 0) is 0 Å². The van der Waals surface area contributed by atoms with Gasteiger partial charge in [0.2, 0.25) is 0 Å². The monoisotopic (exact) mass is 362 g/mol. The number of aromatic nitrogens is 2. The van der Waals surface area contributed by atoms with E-state index in [4.69, 9.17) is 5.10 Å². The minimum absolute atomic E-state index is 0.649. The maximum absolute atomic E-state index is 4.95. The second-order valence-corrected chi connectivity index (χ2v) is 7.01. The first-order valence-electron chi connectivity index (χ1n) is 7.98. The Morgan fingerprint density at radius 3 is 2.35 bits per heavy atom. The smallest absolute Gasteiger partial charge is 0.0873 e. The quantitative estimate of drug-likeness (QED) is 0.440. The maximum Gasteiger partial charge on any atom is 0.0873 e. The molecule has 5 rings (SSSR count). The van der Waals surface area contributed by atoms with Crippen molar-refractivity contribution in [2.75, 3.05) is 0 Å². The lowest BCUT2D eigenvalue weighted by molar-refractivity contribution is 0.898. The lowest BCUT2D eigenvalue weighted by Crippen LogP contribution is -1.97. The van der Waals surface area contributed by atoms with Crippen LogP contribution in [0.25, 0.3) is 27.5 Å². The van der Waals surface area contributed by atoms with Crippen molar-refractivity contribution in [3.8, 4) is 11.3 Å². The van der Waals surface area contributed by atoms with Crippen molar-refractivity contribution in [3.63, 3.8) is 0 Å². The summed E-state index contributed by atoms with van der Waals surface area (Å²) in [6.45, 7) is 0. The molecular weight excluding hydrogens is 348 g/mol. The van der Waals surface area contributed by atoms with Gasteiger partial charge >= 0.3 is 0 Å². The van der Waals surface area contributed by atoms with Gasteiger partial charge in [-0.3, -0.25) is 0 Å². The molecule has 2 aromatic heterocycles. The van der Waals surface area contributed by atoms with E-state index in [9.17, 15) is 0 Å². The molecule has 23 heavy (non-hydrogen) atoms. The zero-order valence-corrected chi connectivity index (χ0v) is 14.1. The minimum atomic E-state index is 0.649. The van der Waals surface area contributed by atoms with E-state index in [2.05, 4.69) is 75.0 Å². The summed E-state index contributed by atoms with van der Waals surface area (Å²) in [7, 11) is 0. The molecule has 0 N–H and O–H groups in total. The molecular formula is C20H15BrN2. The predicted octanol–water partition coefficient (Wildman–Crippen LogP) is 5.79. The molecule has 2 nitrogen and oxygen atoms in total. The normalized spacial score (nSPS) is 14.7. The van der Waals surface area contributed by atoms with Gasteiger partial charge in [-0.25, -0.2) is 4.52 Å². The zero-order chi connectivity index (χ0) is 15.4. The highest BCUT2D eigenvalue weighted by Gasteiger charge is 2.27. The lowest BCUT2D eigenvalue weighted by Gasteiger charge is -2.12. The molecule has 1 fully saturated rings. The number of benzene rings is 2. The topological polar surface area (TPSA) is 17.3 Å². The van der Waals surface area contributed by atoms with Gasteiger partial charge in [0.05, 0.1) is 21.4 Å². The van der Waals surface area contributed by atoms with Crippen molar-refractivity contribution >= 4 is 32.2 Å². The van der Waals surface area contributed by atoms with Crippen LogP contribution in [0.4, 0.5) is 0 Å². The Bertz CT molecular complexity index is 1030. The first-order valence-corrected chi connectivity index (χ1v) is 8.77. The Morgan fingerprint density at radius 2 is 1.61 bits per heavy atom. The van der Waals surface area contributed by atoms with E-state index >= 15 is 0 Å². The molecule has 112 valence electrons. The zero-order valence-electron chi connectivity index (χ0n) is 12.5. The summed E-state index contributed by atoms with van der Waals surface area (Å²) < 4.78 is 3.23. The van der Waals surface area contributed by atoms with E-state index in [1.165, 1.54) is 40.4 Å². The highest BCUT2D eigenvalue weighted by molar-refractivity contribution is 9.10. The average Bonchev–Trinajstić information content (AvgIpc) is 3.36. The van der Waals surface area contributed by atoms with Crippen LogP contribution in [0.1, 0.15) is 24.5 Å². The van der Waals surface area contributed by atoms with E-state index in [-0.39, 0.29) is 0 Å². The van der Waals surface area contributed by atoms with Crippen LogP contribution in [0.5, 0.6) is 0 Å². The molecule has 0 unspecified atom stereocenters. The van der Waals surface area contributed by atoms with Crippen molar-refractivity contribution in [2.24, 2.45) is 0 Å². The molecule has 4 aromatic rings. The summed E-state index contributed by atoms with van der Waals surface area (Å²) in [5, 5.41) is 7.43. The molecule has 2 heterocycles. The Morgan fingerprint density at radius 1 is 0.913 bits per heavy atom. The van der Waals surface area contributed by atoms with Gasteiger partial charge in [0.25, 0.3) is 0 Å². The summed E-state index contributed by atoms with van der Waals surface area (Å²) in [5.74, 6) is 0.649. The van der Waals surface area contributed by atoms with Gasteiger partial charge in [0.15, 0.2) is 0 Å². The van der Waals surface area contributed by atoms with E-state index in [1.807, 2.05) is 6.07 Å². The summed E-state index contributed by atoms with van der Waals surface area (Å²) in [5.41, 5.74) is 4.74. The van der Waals surface area contributed by atoms with Crippen molar-refractivity contribution < 1.29 is 0 Å².